The second-order valence-electron chi connectivity index (χ2n) is 5.60. The van der Waals surface area contributed by atoms with Crippen molar-refractivity contribution < 1.29 is 14.6 Å². The number of non-ortho nitro benzene ring substituents is 2. The molecule has 3 rings (SSSR count). The van der Waals surface area contributed by atoms with Crippen LogP contribution in [0.5, 0.6) is 0 Å². The lowest BCUT2D eigenvalue weighted by Crippen LogP contribution is -2.33. The molecule has 9 nitrogen and oxygen atoms in total. The van der Waals surface area contributed by atoms with Gasteiger partial charge in [0, 0.05) is 30.0 Å². The molecule has 142 valence electrons. The second kappa shape index (κ2) is 8.15. The van der Waals surface area contributed by atoms with Crippen molar-refractivity contribution in [1.82, 2.24) is 4.90 Å². The third-order valence-corrected chi connectivity index (χ3v) is 5.17. The van der Waals surface area contributed by atoms with Crippen molar-refractivity contribution in [2.24, 2.45) is 0 Å². The summed E-state index contributed by atoms with van der Waals surface area (Å²) >= 11 is 6.38. The number of anilines is 1. The van der Waals surface area contributed by atoms with Crippen LogP contribution < -0.4 is 5.32 Å². The van der Waals surface area contributed by atoms with E-state index in [0.717, 1.165) is 11.8 Å². The predicted molar refractivity (Wildman–Crippen MR) is 110 cm³/mol. The van der Waals surface area contributed by atoms with E-state index in [0.29, 0.717) is 20.5 Å². The van der Waals surface area contributed by atoms with Crippen molar-refractivity contribution in [3.05, 3.63) is 79.2 Å². The fraction of sp³-hybridized carbons (Fsp3) is 0.0588. The quantitative estimate of drug-likeness (QED) is 0.327. The molecule has 0 aromatic heterocycles. The summed E-state index contributed by atoms with van der Waals surface area (Å²) in [5.74, 6) is -0.289. The number of thioether (sulfide) groups is 1. The van der Waals surface area contributed by atoms with E-state index in [2.05, 4.69) is 5.32 Å². The molecule has 0 saturated carbocycles. The molecule has 2 aromatic carbocycles. The van der Waals surface area contributed by atoms with Crippen LogP contribution >= 0.6 is 24.0 Å². The van der Waals surface area contributed by atoms with Gasteiger partial charge in [0.15, 0.2) is 0 Å². The van der Waals surface area contributed by atoms with Crippen LogP contribution in [0.1, 0.15) is 5.56 Å². The highest BCUT2D eigenvalue weighted by atomic mass is 32.2. The number of amides is 1. The Morgan fingerprint density at radius 2 is 1.54 bits per heavy atom. The molecule has 1 heterocycles. The average Bonchev–Trinajstić information content (AvgIpc) is 2.94. The Labute approximate surface area is 168 Å². The van der Waals surface area contributed by atoms with Crippen molar-refractivity contribution in [2.75, 3.05) is 12.0 Å². The van der Waals surface area contributed by atoms with Crippen LogP contribution in [0.3, 0.4) is 0 Å². The molecule has 0 aliphatic carbocycles. The Hall–Kier alpha value is -3.31. The van der Waals surface area contributed by atoms with Gasteiger partial charge in [-0.05, 0) is 35.9 Å². The van der Waals surface area contributed by atoms with Gasteiger partial charge in [-0.25, -0.2) is 0 Å². The standard InChI is InChI=1S/C17H12N4O5S2/c22-16-15(9-11-1-5-13(6-2-11)20(23)24)28-17(27)19(16)10-18-12-3-7-14(8-4-12)21(25)26/h1-9,18H,10H2/b15-9-. The van der Waals surface area contributed by atoms with Crippen LogP contribution in [0.15, 0.2) is 53.4 Å². The summed E-state index contributed by atoms with van der Waals surface area (Å²) in [6.07, 6.45) is 1.62. The Kier molecular flexibility index (Phi) is 5.66. The zero-order chi connectivity index (χ0) is 20.3. The molecule has 0 spiro atoms. The van der Waals surface area contributed by atoms with E-state index >= 15 is 0 Å². The lowest BCUT2D eigenvalue weighted by atomic mass is 10.2. The van der Waals surface area contributed by atoms with E-state index in [4.69, 9.17) is 12.2 Å². The van der Waals surface area contributed by atoms with Gasteiger partial charge in [0.1, 0.15) is 4.32 Å². The van der Waals surface area contributed by atoms with Crippen molar-refractivity contribution in [3.63, 3.8) is 0 Å². The van der Waals surface area contributed by atoms with Gasteiger partial charge in [-0.2, -0.15) is 0 Å². The molecule has 1 aliphatic rings. The van der Waals surface area contributed by atoms with Crippen molar-refractivity contribution in [1.29, 1.82) is 0 Å². The summed E-state index contributed by atoms with van der Waals surface area (Å²) in [4.78, 5) is 34.7. The second-order valence-corrected chi connectivity index (χ2v) is 7.27. The number of benzene rings is 2. The highest BCUT2D eigenvalue weighted by Gasteiger charge is 2.31. The lowest BCUT2D eigenvalue weighted by Gasteiger charge is -2.16. The molecule has 11 heteroatoms. The van der Waals surface area contributed by atoms with Crippen molar-refractivity contribution in [2.45, 2.75) is 0 Å². The summed E-state index contributed by atoms with van der Waals surface area (Å²) in [5, 5.41) is 24.4. The number of carbonyl (C=O) groups excluding carboxylic acids is 1. The maximum Gasteiger partial charge on any atom is 0.269 e. The normalized spacial score (nSPS) is 15.1. The predicted octanol–water partition coefficient (Wildman–Crippen LogP) is 3.77. The first-order chi connectivity index (χ1) is 13.3. The minimum Gasteiger partial charge on any atom is -0.367 e. The van der Waals surface area contributed by atoms with Crippen LogP contribution in [-0.2, 0) is 4.79 Å². The number of nitrogens with zero attached hydrogens (tertiary/aromatic N) is 3. The van der Waals surface area contributed by atoms with Crippen molar-refractivity contribution in [3.8, 4) is 0 Å². The van der Waals surface area contributed by atoms with Crippen LogP contribution in [0.2, 0.25) is 0 Å². The SMILES string of the molecule is O=C1/C(=C/c2ccc([N+](=O)[O-])cc2)SC(=S)N1CNc1ccc([N+](=O)[O-])cc1. The largest absolute Gasteiger partial charge is 0.367 e. The van der Waals surface area contributed by atoms with Gasteiger partial charge < -0.3 is 5.32 Å². The lowest BCUT2D eigenvalue weighted by molar-refractivity contribution is -0.385. The van der Waals surface area contributed by atoms with Gasteiger partial charge in [0.25, 0.3) is 17.3 Å². The molecule has 1 N–H and O–H groups in total. The van der Waals surface area contributed by atoms with Gasteiger partial charge in [-0.3, -0.25) is 29.9 Å². The molecule has 1 aliphatic heterocycles. The molecule has 0 bridgehead atoms. The smallest absolute Gasteiger partial charge is 0.269 e. The van der Waals surface area contributed by atoms with Gasteiger partial charge in [-0.15, -0.1) is 0 Å². The minimum absolute atomic E-state index is 0.0257. The minimum atomic E-state index is -0.493. The number of hydrogen-bond donors (Lipinski definition) is 1. The van der Waals surface area contributed by atoms with E-state index in [1.807, 2.05) is 0 Å². The molecule has 28 heavy (non-hydrogen) atoms. The average molecular weight is 416 g/mol. The number of nitrogens with one attached hydrogen (secondary N) is 1. The van der Waals surface area contributed by atoms with Crippen LogP contribution in [0.4, 0.5) is 17.1 Å². The van der Waals surface area contributed by atoms with Gasteiger partial charge >= 0.3 is 0 Å². The molecule has 1 saturated heterocycles. The van der Waals surface area contributed by atoms with Crippen molar-refractivity contribution >= 4 is 57.3 Å². The summed E-state index contributed by atoms with van der Waals surface area (Å²) in [6, 6.07) is 11.7. The summed E-state index contributed by atoms with van der Waals surface area (Å²) in [7, 11) is 0. The Balaban J connectivity index is 1.67. The Bertz CT molecular complexity index is 990. The van der Waals surface area contributed by atoms with Gasteiger partial charge in [0.05, 0.1) is 21.4 Å². The number of carbonyl (C=O) groups is 1. The third-order valence-electron chi connectivity index (χ3n) is 3.79. The number of thiocarbonyl (C=S) groups is 1. The number of rotatable bonds is 6. The molecule has 0 unspecified atom stereocenters. The highest BCUT2D eigenvalue weighted by Crippen LogP contribution is 2.32. The summed E-state index contributed by atoms with van der Waals surface area (Å²) < 4.78 is 0.368. The van der Waals surface area contributed by atoms with E-state index < -0.39 is 9.85 Å². The zero-order valence-electron chi connectivity index (χ0n) is 14.1. The summed E-state index contributed by atoms with van der Waals surface area (Å²) in [5.41, 5.74) is 1.20. The first-order valence-electron chi connectivity index (χ1n) is 7.83. The van der Waals surface area contributed by atoms with E-state index in [9.17, 15) is 25.0 Å². The van der Waals surface area contributed by atoms with E-state index in [1.54, 1.807) is 30.3 Å². The molecule has 0 radical (unpaired) electrons. The van der Waals surface area contributed by atoms with Crippen LogP contribution in [0.25, 0.3) is 6.08 Å². The number of hydrogen-bond acceptors (Lipinski definition) is 8. The molecular weight excluding hydrogens is 404 g/mol. The maximum absolute atomic E-state index is 12.6. The number of nitro groups is 2. The topological polar surface area (TPSA) is 119 Å². The fourth-order valence-electron chi connectivity index (χ4n) is 2.35. The Morgan fingerprint density at radius 1 is 1.00 bits per heavy atom. The van der Waals surface area contributed by atoms with E-state index in [-0.39, 0.29) is 24.0 Å². The third kappa shape index (κ3) is 4.32. The monoisotopic (exact) mass is 416 g/mol. The Morgan fingerprint density at radius 3 is 2.07 bits per heavy atom. The maximum atomic E-state index is 12.6. The van der Waals surface area contributed by atoms with Gasteiger partial charge in [0.2, 0.25) is 0 Å². The molecule has 0 atom stereocenters. The number of nitro benzene ring substituents is 2. The first kappa shape index (κ1) is 19.5. The van der Waals surface area contributed by atoms with Gasteiger partial charge in [-0.1, -0.05) is 24.0 Å². The molecule has 1 fully saturated rings. The van der Waals surface area contributed by atoms with Crippen LogP contribution in [-0.4, -0.2) is 31.6 Å². The molecule has 1 amide bonds. The molecule has 2 aromatic rings. The fourth-order valence-corrected chi connectivity index (χ4v) is 3.61. The van der Waals surface area contributed by atoms with Crippen LogP contribution in [0, 0.1) is 20.2 Å². The molecular formula is C17H12N4O5S2. The summed E-state index contributed by atoms with van der Waals surface area (Å²) in [6.45, 7) is 0.111. The van der Waals surface area contributed by atoms with E-state index in [1.165, 1.54) is 29.2 Å². The highest BCUT2D eigenvalue weighted by molar-refractivity contribution is 8.26. The first-order valence-corrected chi connectivity index (χ1v) is 9.06. The zero-order valence-corrected chi connectivity index (χ0v) is 15.7.